The van der Waals surface area contributed by atoms with Crippen molar-refractivity contribution in [1.29, 1.82) is 0 Å². The van der Waals surface area contributed by atoms with E-state index in [1.807, 2.05) is 27.7 Å². The fourth-order valence-corrected chi connectivity index (χ4v) is 1.55. The van der Waals surface area contributed by atoms with Crippen LogP contribution in [0.1, 0.15) is 27.7 Å². The molecule has 6 nitrogen and oxygen atoms in total. The number of aliphatic hydroxyl groups excluding tert-OH is 2. The monoisotopic (exact) mass is 260 g/mol. The molecule has 0 bridgehead atoms. The maximum absolute atomic E-state index is 11.1. The highest BCUT2D eigenvalue weighted by molar-refractivity contribution is 5.89. The second-order valence-corrected chi connectivity index (χ2v) is 4.67. The molecule has 1 aliphatic rings. The Morgan fingerprint density at radius 1 is 1.22 bits per heavy atom. The van der Waals surface area contributed by atoms with Gasteiger partial charge in [0.1, 0.15) is 6.10 Å². The molecular formula is C12H20O6. The van der Waals surface area contributed by atoms with Crippen molar-refractivity contribution < 1.29 is 29.2 Å². The Balaban J connectivity index is 2.74. The predicted octanol–water partition coefficient (Wildman–Crippen LogP) is 1.46. The number of carbonyl (C=O) groups is 1. The van der Waals surface area contributed by atoms with Crippen molar-refractivity contribution in [2.45, 2.75) is 52.1 Å². The molecule has 6 heteroatoms. The summed E-state index contributed by atoms with van der Waals surface area (Å²) in [5.41, 5.74) is 0. The van der Waals surface area contributed by atoms with Crippen molar-refractivity contribution in [2.24, 2.45) is 0 Å². The second-order valence-electron chi connectivity index (χ2n) is 4.67. The van der Waals surface area contributed by atoms with Crippen LogP contribution < -0.4 is 0 Å². The molecule has 2 atom stereocenters. The molecule has 0 aromatic heterocycles. The lowest BCUT2D eigenvalue weighted by molar-refractivity contribution is -0.156. The molecule has 2 N–H and O–H groups in total. The Labute approximate surface area is 106 Å². The van der Waals surface area contributed by atoms with Gasteiger partial charge < -0.3 is 24.4 Å². The number of hydrogen-bond acceptors (Lipinski definition) is 6. The number of carbonyl (C=O) groups excluding carboxylic acids is 1. The molecule has 0 saturated heterocycles. The number of rotatable bonds is 6. The number of hydrogen-bond donors (Lipinski definition) is 2. The number of cyclic esters (lactones) is 1. The molecule has 0 fully saturated rings. The Kier molecular flexibility index (Phi) is 4.98. The minimum Gasteiger partial charge on any atom is -0.505 e. The summed E-state index contributed by atoms with van der Waals surface area (Å²) < 4.78 is 15.8. The van der Waals surface area contributed by atoms with E-state index in [0.717, 1.165) is 0 Å². The zero-order valence-corrected chi connectivity index (χ0v) is 11.0. The Bertz CT molecular complexity index is 333. The van der Waals surface area contributed by atoms with Gasteiger partial charge in [-0.1, -0.05) is 0 Å². The first kappa shape index (κ1) is 14.8. The fourth-order valence-electron chi connectivity index (χ4n) is 1.55. The third-order valence-electron chi connectivity index (χ3n) is 2.32. The third kappa shape index (κ3) is 3.61. The van der Waals surface area contributed by atoms with Gasteiger partial charge in [0.25, 0.3) is 0 Å². The number of ether oxygens (including phenoxy) is 3. The van der Waals surface area contributed by atoms with Crippen molar-refractivity contribution in [3.63, 3.8) is 0 Å². The SMILES string of the molecule is CC(C)OC[C@@H](OC(C)C)C1OC(=O)C(O)=C1O. The van der Waals surface area contributed by atoms with E-state index in [1.54, 1.807) is 0 Å². The van der Waals surface area contributed by atoms with Gasteiger partial charge in [0, 0.05) is 0 Å². The van der Waals surface area contributed by atoms with Crippen LogP contribution in [0, 0.1) is 0 Å². The standard InChI is InChI=1S/C12H20O6/c1-6(2)16-5-8(17-7(3)4)11-9(13)10(14)12(15)18-11/h6-8,11,13-14H,5H2,1-4H3/t8-,11?/m1/s1. The fraction of sp³-hybridized carbons (Fsp3) is 0.750. The van der Waals surface area contributed by atoms with Gasteiger partial charge in [-0.15, -0.1) is 0 Å². The van der Waals surface area contributed by atoms with Gasteiger partial charge in [0.2, 0.25) is 5.76 Å². The van der Waals surface area contributed by atoms with Gasteiger partial charge in [-0.25, -0.2) is 4.79 Å². The van der Waals surface area contributed by atoms with Crippen LogP contribution in [0.3, 0.4) is 0 Å². The molecule has 1 rings (SSSR count). The van der Waals surface area contributed by atoms with Crippen LogP contribution >= 0.6 is 0 Å². The van der Waals surface area contributed by atoms with E-state index in [4.69, 9.17) is 14.2 Å². The van der Waals surface area contributed by atoms with E-state index in [-0.39, 0.29) is 18.8 Å². The summed E-state index contributed by atoms with van der Waals surface area (Å²) in [5.74, 6) is -2.21. The van der Waals surface area contributed by atoms with Gasteiger partial charge in [0.05, 0.1) is 18.8 Å². The second kappa shape index (κ2) is 6.06. The van der Waals surface area contributed by atoms with Crippen molar-refractivity contribution in [2.75, 3.05) is 6.61 Å². The van der Waals surface area contributed by atoms with Gasteiger partial charge in [-0.2, -0.15) is 0 Å². The van der Waals surface area contributed by atoms with E-state index in [0.29, 0.717) is 0 Å². The summed E-state index contributed by atoms with van der Waals surface area (Å²) >= 11 is 0. The van der Waals surface area contributed by atoms with E-state index in [2.05, 4.69) is 0 Å². The summed E-state index contributed by atoms with van der Waals surface area (Å²) in [7, 11) is 0. The summed E-state index contributed by atoms with van der Waals surface area (Å²) in [4.78, 5) is 11.1. The molecule has 0 radical (unpaired) electrons. The Morgan fingerprint density at radius 2 is 1.83 bits per heavy atom. The topological polar surface area (TPSA) is 85.2 Å². The molecule has 104 valence electrons. The van der Waals surface area contributed by atoms with Gasteiger partial charge >= 0.3 is 5.97 Å². The van der Waals surface area contributed by atoms with Crippen LogP contribution in [-0.4, -0.2) is 47.2 Å². The van der Waals surface area contributed by atoms with Crippen LogP contribution in [0.4, 0.5) is 0 Å². The van der Waals surface area contributed by atoms with Gasteiger partial charge in [-0.3, -0.25) is 0 Å². The van der Waals surface area contributed by atoms with Crippen molar-refractivity contribution >= 4 is 5.97 Å². The first-order valence-corrected chi connectivity index (χ1v) is 5.93. The highest BCUT2D eigenvalue weighted by atomic mass is 16.6. The molecule has 0 aromatic rings. The maximum Gasteiger partial charge on any atom is 0.377 e. The van der Waals surface area contributed by atoms with Crippen LogP contribution in [0.5, 0.6) is 0 Å². The zero-order valence-electron chi connectivity index (χ0n) is 11.0. The number of aliphatic hydroxyl groups is 2. The largest absolute Gasteiger partial charge is 0.505 e. The molecule has 1 unspecified atom stereocenters. The predicted molar refractivity (Wildman–Crippen MR) is 63.3 cm³/mol. The van der Waals surface area contributed by atoms with Crippen LogP contribution in [0.25, 0.3) is 0 Å². The molecule has 0 aliphatic carbocycles. The van der Waals surface area contributed by atoms with E-state index in [9.17, 15) is 15.0 Å². The zero-order chi connectivity index (χ0) is 13.9. The molecular weight excluding hydrogens is 240 g/mol. The molecule has 0 saturated carbocycles. The summed E-state index contributed by atoms with van der Waals surface area (Å²) in [5, 5.41) is 18.9. The van der Waals surface area contributed by atoms with E-state index >= 15 is 0 Å². The summed E-state index contributed by atoms with van der Waals surface area (Å²) in [6.45, 7) is 7.52. The average molecular weight is 260 g/mol. The average Bonchev–Trinajstić information content (AvgIpc) is 2.51. The Morgan fingerprint density at radius 3 is 2.22 bits per heavy atom. The summed E-state index contributed by atoms with van der Waals surface area (Å²) in [6, 6.07) is 0. The first-order chi connectivity index (χ1) is 8.32. The van der Waals surface area contributed by atoms with Crippen LogP contribution in [0.15, 0.2) is 11.5 Å². The lowest BCUT2D eigenvalue weighted by Gasteiger charge is -2.25. The van der Waals surface area contributed by atoms with Gasteiger partial charge in [0.15, 0.2) is 11.9 Å². The summed E-state index contributed by atoms with van der Waals surface area (Å²) in [6.07, 6.45) is -1.81. The minimum absolute atomic E-state index is 0.0138. The molecule has 18 heavy (non-hydrogen) atoms. The van der Waals surface area contributed by atoms with E-state index < -0.39 is 29.7 Å². The van der Waals surface area contributed by atoms with Crippen molar-refractivity contribution in [3.05, 3.63) is 11.5 Å². The molecule has 0 spiro atoms. The van der Waals surface area contributed by atoms with Crippen LogP contribution in [-0.2, 0) is 19.0 Å². The third-order valence-corrected chi connectivity index (χ3v) is 2.32. The molecule has 1 heterocycles. The van der Waals surface area contributed by atoms with Crippen LogP contribution in [0.2, 0.25) is 0 Å². The van der Waals surface area contributed by atoms with E-state index in [1.165, 1.54) is 0 Å². The highest BCUT2D eigenvalue weighted by Crippen LogP contribution is 2.24. The number of esters is 1. The molecule has 0 amide bonds. The molecule has 0 aromatic carbocycles. The smallest absolute Gasteiger partial charge is 0.377 e. The normalized spacial score (nSPS) is 21.9. The van der Waals surface area contributed by atoms with Gasteiger partial charge in [-0.05, 0) is 27.7 Å². The Hall–Kier alpha value is -1.27. The lowest BCUT2D eigenvalue weighted by Crippen LogP contribution is -2.38. The quantitative estimate of drug-likeness (QED) is 0.703. The maximum atomic E-state index is 11.1. The first-order valence-electron chi connectivity index (χ1n) is 5.93. The van der Waals surface area contributed by atoms with Crippen molar-refractivity contribution in [1.82, 2.24) is 0 Å². The highest BCUT2D eigenvalue weighted by Gasteiger charge is 2.41. The minimum atomic E-state index is -1.02. The van der Waals surface area contributed by atoms with Crippen molar-refractivity contribution in [3.8, 4) is 0 Å². The molecule has 1 aliphatic heterocycles. The lowest BCUT2D eigenvalue weighted by atomic mass is 10.1.